The Labute approximate surface area is 179 Å². The lowest BCUT2D eigenvalue weighted by molar-refractivity contribution is 0.0710. The van der Waals surface area contributed by atoms with Gasteiger partial charge in [0.05, 0.1) is 12.2 Å². The van der Waals surface area contributed by atoms with Gasteiger partial charge in [-0.15, -0.1) is 11.3 Å². The molecule has 0 spiro atoms. The van der Waals surface area contributed by atoms with E-state index in [0.29, 0.717) is 18.8 Å². The molecule has 158 valence electrons. The number of benzene rings is 2. The topological polar surface area (TPSA) is 42.4 Å². The fourth-order valence-corrected chi connectivity index (χ4v) is 3.68. The summed E-state index contributed by atoms with van der Waals surface area (Å²) in [6.45, 7) is 6.74. The fourth-order valence-electron chi connectivity index (χ4n) is 2.98. The number of rotatable bonds is 8. The van der Waals surface area contributed by atoms with E-state index in [4.69, 9.17) is 4.74 Å². The first-order valence-electron chi connectivity index (χ1n) is 9.69. The average Bonchev–Trinajstić information content (AvgIpc) is 3.14. The molecule has 1 aromatic heterocycles. The minimum atomic E-state index is -0.862. The van der Waals surface area contributed by atoms with Crippen molar-refractivity contribution in [2.24, 2.45) is 5.92 Å². The number of nitrogens with zero attached hydrogens (tertiary/aromatic N) is 2. The van der Waals surface area contributed by atoms with Crippen molar-refractivity contribution in [2.75, 3.05) is 6.54 Å². The van der Waals surface area contributed by atoms with Gasteiger partial charge in [0.15, 0.2) is 0 Å². The van der Waals surface area contributed by atoms with Crippen molar-refractivity contribution in [1.82, 2.24) is 9.88 Å². The van der Waals surface area contributed by atoms with Gasteiger partial charge in [-0.25, -0.2) is 13.8 Å². The molecule has 0 N–H and O–H groups in total. The van der Waals surface area contributed by atoms with Gasteiger partial charge in [-0.05, 0) is 37.1 Å². The number of carbonyl (C=O) groups excluding carboxylic acids is 1. The highest BCUT2D eigenvalue weighted by Gasteiger charge is 2.24. The Kier molecular flexibility index (Phi) is 7.15. The van der Waals surface area contributed by atoms with Gasteiger partial charge in [-0.3, -0.25) is 4.79 Å². The first-order valence-corrected chi connectivity index (χ1v) is 10.6. The summed E-state index contributed by atoms with van der Waals surface area (Å²) in [4.78, 5) is 18.8. The second-order valence-corrected chi connectivity index (χ2v) is 8.45. The van der Waals surface area contributed by atoms with Crippen LogP contribution in [0.2, 0.25) is 0 Å². The van der Waals surface area contributed by atoms with E-state index in [2.05, 4.69) is 4.98 Å². The summed E-state index contributed by atoms with van der Waals surface area (Å²) in [5.74, 6) is -1.51. The van der Waals surface area contributed by atoms with Crippen molar-refractivity contribution >= 4 is 17.2 Å². The van der Waals surface area contributed by atoms with Gasteiger partial charge in [0.2, 0.25) is 0 Å². The third-order valence-electron chi connectivity index (χ3n) is 4.38. The molecule has 3 aromatic rings. The molecule has 0 unspecified atom stereocenters. The maximum atomic E-state index is 14.1. The zero-order chi connectivity index (χ0) is 21.7. The highest BCUT2D eigenvalue weighted by Crippen LogP contribution is 2.20. The summed E-state index contributed by atoms with van der Waals surface area (Å²) in [6.07, 6.45) is 0. The number of halogens is 2. The number of aryl methyl sites for hydroxylation is 1. The molecule has 7 heteroatoms. The highest BCUT2D eigenvalue weighted by atomic mass is 32.1. The Hall–Kier alpha value is -2.80. The van der Waals surface area contributed by atoms with E-state index >= 15 is 0 Å². The molecule has 0 atom stereocenters. The number of ether oxygens (including phenoxy) is 1. The lowest BCUT2D eigenvalue weighted by Crippen LogP contribution is -2.35. The molecule has 2 aromatic carbocycles. The van der Waals surface area contributed by atoms with Gasteiger partial charge in [0, 0.05) is 11.9 Å². The molecule has 0 saturated heterocycles. The van der Waals surface area contributed by atoms with Crippen molar-refractivity contribution in [3.8, 4) is 5.75 Å². The Bertz CT molecular complexity index is 982. The van der Waals surface area contributed by atoms with E-state index in [0.717, 1.165) is 28.5 Å². The molecule has 0 saturated carbocycles. The quantitative estimate of drug-likeness (QED) is 0.467. The van der Waals surface area contributed by atoms with Crippen molar-refractivity contribution < 1.29 is 18.3 Å². The van der Waals surface area contributed by atoms with E-state index < -0.39 is 23.1 Å². The summed E-state index contributed by atoms with van der Waals surface area (Å²) in [5.41, 5.74) is 1.28. The molecule has 1 heterocycles. The minimum absolute atomic E-state index is 0.131. The lowest BCUT2D eigenvalue weighted by atomic mass is 10.1. The van der Waals surface area contributed by atoms with Crippen LogP contribution >= 0.6 is 11.3 Å². The van der Waals surface area contributed by atoms with Crippen LogP contribution in [-0.2, 0) is 13.2 Å². The smallest absolute Gasteiger partial charge is 0.260 e. The normalized spacial score (nSPS) is 11.0. The molecular weight excluding hydrogens is 406 g/mol. The average molecular weight is 431 g/mol. The van der Waals surface area contributed by atoms with Gasteiger partial charge in [-0.1, -0.05) is 37.6 Å². The minimum Gasteiger partial charge on any atom is -0.486 e. The van der Waals surface area contributed by atoms with Crippen LogP contribution in [0, 0.1) is 24.5 Å². The van der Waals surface area contributed by atoms with Crippen LogP contribution in [0.15, 0.2) is 47.8 Å². The van der Waals surface area contributed by atoms with Crippen molar-refractivity contribution in [2.45, 2.75) is 33.9 Å². The molecule has 0 fully saturated rings. The van der Waals surface area contributed by atoms with E-state index in [9.17, 15) is 13.6 Å². The van der Waals surface area contributed by atoms with E-state index in [1.54, 1.807) is 0 Å². The van der Waals surface area contributed by atoms with Gasteiger partial charge >= 0.3 is 0 Å². The molecular formula is C23H24F2N2O2S. The lowest BCUT2D eigenvalue weighted by Gasteiger charge is -2.24. The monoisotopic (exact) mass is 430 g/mol. The van der Waals surface area contributed by atoms with Crippen LogP contribution in [0.5, 0.6) is 5.75 Å². The Morgan fingerprint density at radius 1 is 1.13 bits per heavy atom. The van der Waals surface area contributed by atoms with E-state index in [1.165, 1.54) is 22.3 Å². The third-order valence-corrected chi connectivity index (χ3v) is 5.26. The van der Waals surface area contributed by atoms with Crippen molar-refractivity contribution in [3.63, 3.8) is 0 Å². The summed E-state index contributed by atoms with van der Waals surface area (Å²) >= 11 is 1.42. The Balaban J connectivity index is 1.71. The van der Waals surface area contributed by atoms with Gasteiger partial charge in [0.1, 0.15) is 34.6 Å². The number of hydrogen-bond donors (Lipinski definition) is 0. The SMILES string of the molecule is Cc1ccc(OCc2nc(CN(CC(C)C)C(=O)c3c(F)cccc3F)cs2)cc1. The molecule has 0 aliphatic rings. The molecule has 30 heavy (non-hydrogen) atoms. The maximum Gasteiger partial charge on any atom is 0.260 e. The van der Waals surface area contributed by atoms with Gasteiger partial charge in [-0.2, -0.15) is 0 Å². The molecule has 3 rings (SSSR count). The second-order valence-electron chi connectivity index (χ2n) is 7.51. The first-order chi connectivity index (χ1) is 14.3. The van der Waals surface area contributed by atoms with Gasteiger partial charge in [0.25, 0.3) is 5.91 Å². The molecule has 0 aliphatic heterocycles. The largest absolute Gasteiger partial charge is 0.486 e. The molecule has 4 nitrogen and oxygen atoms in total. The zero-order valence-electron chi connectivity index (χ0n) is 17.2. The Morgan fingerprint density at radius 3 is 2.43 bits per heavy atom. The van der Waals surface area contributed by atoms with Crippen LogP contribution in [0.3, 0.4) is 0 Å². The molecule has 1 amide bonds. The standard InChI is InChI=1S/C23H24F2N2O2S/c1-15(2)11-27(23(28)22-19(24)5-4-6-20(22)25)12-17-14-30-21(26-17)13-29-18-9-7-16(3)8-10-18/h4-10,14-15H,11-13H2,1-3H3. The number of carbonyl (C=O) groups is 1. The van der Waals surface area contributed by atoms with Gasteiger partial charge < -0.3 is 9.64 Å². The summed E-state index contributed by atoms with van der Waals surface area (Å²) in [7, 11) is 0. The second kappa shape index (κ2) is 9.80. The number of hydrogen-bond acceptors (Lipinski definition) is 4. The number of thiazole rings is 1. The predicted octanol–water partition coefficient (Wildman–Crippen LogP) is 5.61. The van der Waals surface area contributed by atoms with E-state index in [1.807, 2.05) is 50.4 Å². The maximum absolute atomic E-state index is 14.1. The number of aromatic nitrogens is 1. The van der Waals surface area contributed by atoms with Crippen LogP contribution in [-0.4, -0.2) is 22.3 Å². The van der Waals surface area contributed by atoms with Crippen LogP contribution in [0.25, 0.3) is 0 Å². The zero-order valence-corrected chi connectivity index (χ0v) is 18.0. The number of amides is 1. The van der Waals surface area contributed by atoms with Crippen LogP contribution in [0.1, 0.15) is 40.5 Å². The van der Waals surface area contributed by atoms with Crippen molar-refractivity contribution in [1.29, 1.82) is 0 Å². The third kappa shape index (κ3) is 5.63. The van der Waals surface area contributed by atoms with Crippen LogP contribution < -0.4 is 4.74 Å². The van der Waals surface area contributed by atoms with Crippen molar-refractivity contribution in [3.05, 3.63) is 81.3 Å². The first kappa shape index (κ1) is 21.9. The fraction of sp³-hybridized carbons (Fsp3) is 0.304. The molecule has 0 bridgehead atoms. The summed E-state index contributed by atoms with van der Waals surface area (Å²) in [6, 6.07) is 11.2. The van der Waals surface area contributed by atoms with E-state index in [-0.39, 0.29) is 12.5 Å². The van der Waals surface area contributed by atoms with Crippen LogP contribution in [0.4, 0.5) is 8.78 Å². The summed E-state index contributed by atoms with van der Waals surface area (Å²) in [5, 5.41) is 2.60. The Morgan fingerprint density at radius 2 is 1.80 bits per heavy atom. The molecule has 0 radical (unpaired) electrons. The summed E-state index contributed by atoms with van der Waals surface area (Å²) < 4.78 is 34.0. The predicted molar refractivity (Wildman–Crippen MR) is 114 cm³/mol. The molecule has 0 aliphatic carbocycles. The highest BCUT2D eigenvalue weighted by molar-refractivity contribution is 7.09.